The fraction of sp³-hybridized carbons (Fsp3) is 0.167. The SMILES string of the molecule is O=C(NBr)c1[nH]c2ccccc2c1S(=O)(=O)NCCCSc1ccc(Cl)cc1. The number of carbonyl (C=O) groups is 1. The number of hydrogen-bond donors (Lipinski definition) is 3. The number of nitrogens with one attached hydrogen (secondary N) is 3. The van der Waals surface area contributed by atoms with Gasteiger partial charge in [0.25, 0.3) is 5.91 Å². The third-order valence-electron chi connectivity index (χ3n) is 3.94. The number of para-hydroxylation sites is 1. The zero-order valence-electron chi connectivity index (χ0n) is 14.5. The van der Waals surface area contributed by atoms with Crippen molar-refractivity contribution in [1.82, 2.24) is 14.0 Å². The molecule has 0 saturated heterocycles. The van der Waals surface area contributed by atoms with Crippen molar-refractivity contribution in [2.45, 2.75) is 16.2 Å². The standard InChI is InChI=1S/C18H17BrClN3O3S2/c19-23-18(24)16-17(14-4-1-2-5-15(14)22-16)28(25,26)21-10-3-11-27-13-8-6-12(20)7-9-13/h1-2,4-9,21-22H,3,10-11H2,(H,23,24). The summed E-state index contributed by atoms with van der Waals surface area (Å²) in [6.45, 7) is 0.262. The van der Waals surface area contributed by atoms with Gasteiger partial charge in [0.05, 0.1) is 0 Å². The number of benzene rings is 2. The van der Waals surface area contributed by atoms with Crippen LogP contribution in [0.4, 0.5) is 0 Å². The van der Waals surface area contributed by atoms with Crippen LogP contribution in [0.2, 0.25) is 5.02 Å². The predicted molar refractivity (Wildman–Crippen MR) is 117 cm³/mol. The number of rotatable bonds is 8. The van der Waals surface area contributed by atoms with Crippen LogP contribution in [0, 0.1) is 0 Å². The first kappa shape index (κ1) is 21.2. The Morgan fingerprint density at radius 2 is 1.86 bits per heavy atom. The molecule has 3 rings (SSSR count). The number of aromatic amines is 1. The lowest BCUT2D eigenvalue weighted by molar-refractivity contribution is 0.0979. The minimum absolute atomic E-state index is 0.0129. The van der Waals surface area contributed by atoms with Gasteiger partial charge in [0.15, 0.2) is 0 Å². The summed E-state index contributed by atoms with van der Waals surface area (Å²) in [6, 6.07) is 14.4. The van der Waals surface area contributed by atoms with E-state index < -0.39 is 15.9 Å². The van der Waals surface area contributed by atoms with Crippen LogP contribution in [0.1, 0.15) is 16.9 Å². The lowest BCUT2D eigenvalue weighted by Crippen LogP contribution is -2.27. The highest BCUT2D eigenvalue weighted by Crippen LogP contribution is 2.27. The van der Waals surface area contributed by atoms with Crippen molar-refractivity contribution >= 4 is 66.3 Å². The molecule has 2 aromatic carbocycles. The van der Waals surface area contributed by atoms with Crippen LogP contribution in [0.3, 0.4) is 0 Å². The lowest BCUT2D eigenvalue weighted by Gasteiger charge is -2.08. The maximum absolute atomic E-state index is 12.9. The van der Waals surface area contributed by atoms with E-state index in [0.717, 1.165) is 10.6 Å². The molecule has 1 amide bonds. The Morgan fingerprint density at radius 1 is 1.14 bits per heavy atom. The topological polar surface area (TPSA) is 91.1 Å². The van der Waals surface area contributed by atoms with E-state index in [9.17, 15) is 13.2 Å². The molecule has 0 aliphatic carbocycles. The zero-order chi connectivity index (χ0) is 20.1. The number of fused-ring (bicyclic) bond motifs is 1. The summed E-state index contributed by atoms with van der Waals surface area (Å²) in [5, 5.41) is 1.15. The van der Waals surface area contributed by atoms with Crippen LogP contribution in [0.15, 0.2) is 58.3 Å². The second-order valence-corrected chi connectivity index (χ2v) is 9.56. The predicted octanol–water partition coefficient (Wildman–Crippen LogP) is 4.32. The third-order valence-corrected chi connectivity index (χ3v) is 7.19. The van der Waals surface area contributed by atoms with Crippen molar-refractivity contribution in [2.24, 2.45) is 0 Å². The Morgan fingerprint density at radius 3 is 2.57 bits per heavy atom. The van der Waals surface area contributed by atoms with Crippen LogP contribution in [-0.4, -0.2) is 31.6 Å². The fourth-order valence-electron chi connectivity index (χ4n) is 2.67. The van der Waals surface area contributed by atoms with Crippen molar-refractivity contribution in [3.8, 4) is 0 Å². The van der Waals surface area contributed by atoms with E-state index in [1.807, 2.05) is 24.3 Å². The molecule has 0 radical (unpaired) electrons. The molecule has 6 nitrogen and oxygen atoms in total. The molecule has 28 heavy (non-hydrogen) atoms. The minimum Gasteiger partial charge on any atom is -0.349 e. The number of halogens is 2. The number of carbonyl (C=O) groups excluding carboxylic acids is 1. The summed E-state index contributed by atoms with van der Waals surface area (Å²) in [4.78, 5) is 16.0. The average molecular weight is 503 g/mol. The lowest BCUT2D eigenvalue weighted by atomic mass is 10.2. The number of H-pyrrole nitrogens is 1. The highest BCUT2D eigenvalue weighted by atomic mass is 79.9. The van der Waals surface area contributed by atoms with Gasteiger partial charge < -0.3 is 4.98 Å². The van der Waals surface area contributed by atoms with Crippen molar-refractivity contribution in [2.75, 3.05) is 12.3 Å². The molecule has 0 unspecified atom stereocenters. The van der Waals surface area contributed by atoms with E-state index >= 15 is 0 Å². The molecule has 0 aliphatic heterocycles. The number of sulfonamides is 1. The normalized spacial score (nSPS) is 11.6. The maximum atomic E-state index is 12.9. The van der Waals surface area contributed by atoms with Gasteiger partial charge in [-0.15, -0.1) is 11.8 Å². The molecular weight excluding hydrogens is 486 g/mol. The van der Waals surface area contributed by atoms with Gasteiger partial charge in [-0.05, 0) is 42.5 Å². The van der Waals surface area contributed by atoms with Crippen LogP contribution in [-0.2, 0) is 10.0 Å². The molecule has 1 aromatic heterocycles. The van der Waals surface area contributed by atoms with Crippen LogP contribution >= 0.6 is 39.5 Å². The molecule has 0 saturated carbocycles. The Bertz CT molecular complexity index is 1090. The molecule has 3 N–H and O–H groups in total. The first-order valence-corrected chi connectivity index (χ1v) is 12.0. The highest BCUT2D eigenvalue weighted by Gasteiger charge is 2.27. The largest absolute Gasteiger partial charge is 0.349 e. The number of thioether (sulfide) groups is 1. The Labute approximate surface area is 180 Å². The summed E-state index contributed by atoms with van der Waals surface area (Å²) >= 11 is 10.3. The summed E-state index contributed by atoms with van der Waals surface area (Å²) in [5.74, 6) is 0.183. The fourth-order valence-corrected chi connectivity index (χ4v) is 5.29. The van der Waals surface area contributed by atoms with E-state index in [1.165, 1.54) is 0 Å². The van der Waals surface area contributed by atoms with E-state index in [0.29, 0.717) is 22.3 Å². The van der Waals surface area contributed by atoms with E-state index in [2.05, 4.69) is 30.2 Å². The summed E-state index contributed by atoms with van der Waals surface area (Å²) < 4.78 is 30.6. The summed E-state index contributed by atoms with van der Waals surface area (Å²) in [6.07, 6.45) is 0.634. The van der Waals surface area contributed by atoms with Gasteiger partial charge in [0.1, 0.15) is 10.6 Å². The van der Waals surface area contributed by atoms with Crippen molar-refractivity contribution in [1.29, 1.82) is 0 Å². The summed E-state index contributed by atoms with van der Waals surface area (Å²) in [5.41, 5.74) is 0.563. The number of amides is 1. The first-order valence-electron chi connectivity index (χ1n) is 8.32. The number of aromatic nitrogens is 1. The maximum Gasteiger partial charge on any atom is 0.278 e. The van der Waals surface area contributed by atoms with Gasteiger partial charge >= 0.3 is 0 Å². The Kier molecular flexibility index (Phi) is 7.05. The van der Waals surface area contributed by atoms with Crippen molar-refractivity contribution in [3.63, 3.8) is 0 Å². The van der Waals surface area contributed by atoms with Gasteiger partial charge in [-0.2, -0.15) is 0 Å². The third kappa shape index (κ3) is 4.90. The minimum atomic E-state index is -3.87. The smallest absolute Gasteiger partial charge is 0.278 e. The molecule has 0 spiro atoms. The number of hydrogen-bond acceptors (Lipinski definition) is 4. The zero-order valence-corrected chi connectivity index (χ0v) is 18.5. The van der Waals surface area contributed by atoms with Gasteiger partial charge in [0, 0.05) is 43.5 Å². The second-order valence-electron chi connectivity index (χ2n) is 5.85. The molecule has 148 valence electrons. The van der Waals surface area contributed by atoms with Crippen molar-refractivity contribution < 1.29 is 13.2 Å². The molecule has 0 aliphatic rings. The van der Waals surface area contributed by atoms with Gasteiger partial charge in [-0.3, -0.25) is 9.14 Å². The van der Waals surface area contributed by atoms with E-state index in [1.54, 1.807) is 36.0 Å². The second kappa shape index (κ2) is 9.32. The van der Waals surface area contributed by atoms with Crippen LogP contribution in [0.25, 0.3) is 10.9 Å². The molecule has 0 bridgehead atoms. The van der Waals surface area contributed by atoms with E-state index in [4.69, 9.17) is 11.6 Å². The average Bonchev–Trinajstić information content (AvgIpc) is 3.09. The molecule has 10 heteroatoms. The van der Waals surface area contributed by atoms with Crippen molar-refractivity contribution in [3.05, 3.63) is 59.2 Å². The van der Waals surface area contributed by atoms with Gasteiger partial charge in [-0.1, -0.05) is 29.8 Å². The van der Waals surface area contributed by atoms with E-state index in [-0.39, 0.29) is 17.1 Å². The monoisotopic (exact) mass is 501 g/mol. The molecule has 3 aromatic rings. The molecule has 0 fully saturated rings. The van der Waals surface area contributed by atoms with Gasteiger partial charge in [-0.25, -0.2) is 13.1 Å². The Hall–Kier alpha value is -1.52. The first-order chi connectivity index (χ1) is 13.4. The quantitative estimate of drug-likeness (QED) is 0.243. The Balaban J connectivity index is 1.69. The molecule has 0 atom stereocenters. The molecule has 1 heterocycles. The summed E-state index contributed by atoms with van der Waals surface area (Å²) in [7, 11) is -3.87. The highest BCUT2D eigenvalue weighted by molar-refractivity contribution is 9.08. The molecular formula is C18H17BrClN3O3S2. The van der Waals surface area contributed by atoms with Gasteiger partial charge in [0.2, 0.25) is 10.0 Å². The van der Waals surface area contributed by atoms with Crippen LogP contribution in [0.5, 0.6) is 0 Å². The van der Waals surface area contributed by atoms with Crippen LogP contribution < -0.4 is 9.06 Å².